The first-order chi connectivity index (χ1) is 20.8. The van der Waals surface area contributed by atoms with E-state index in [0.717, 1.165) is 55.5 Å². The van der Waals surface area contributed by atoms with Crippen molar-refractivity contribution in [2.24, 2.45) is 0 Å². The van der Waals surface area contributed by atoms with Gasteiger partial charge in [-0.05, 0) is 146 Å². The van der Waals surface area contributed by atoms with Crippen LogP contribution in [0.3, 0.4) is 0 Å². The van der Waals surface area contributed by atoms with E-state index >= 15 is 0 Å². The molecule has 0 radical (unpaired) electrons. The summed E-state index contributed by atoms with van der Waals surface area (Å²) in [5.74, 6) is 1.49. The summed E-state index contributed by atoms with van der Waals surface area (Å²) < 4.78 is 71.7. The van der Waals surface area contributed by atoms with Crippen LogP contribution in [0.2, 0.25) is 0 Å². The number of fused-ring (bicyclic) bond motifs is 2. The fourth-order valence-electron chi connectivity index (χ4n) is 6.74. The molecule has 0 bridgehead atoms. The topological polar surface area (TPSA) is 112 Å². The molecule has 12 heteroatoms. The lowest BCUT2D eigenvalue weighted by Gasteiger charge is -2.36. The van der Waals surface area contributed by atoms with Crippen molar-refractivity contribution in [2.45, 2.75) is 122 Å². The van der Waals surface area contributed by atoms with Crippen LogP contribution in [-0.2, 0) is 42.6 Å². The number of rotatable bonds is 4. The maximum Gasteiger partial charge on any atom is 0.265 e. The molecule has 3 aliphatic rings. The van der Waals surface area contributed by atoms with Gasteiger partial charge in [-0.1, -0.05) is 8.94 Å². The van der Waals surface area contributed by atoms with Crippen molar-refractivity contribution < 1.29 is 36.0 Å². The molecule has 0 aliphatic carbocycles. The normalized spacial score (nSPS) is 21.0. The Balaban J connectivity index is 1.50. The largest absolute Gasteiger partial charge is 0.487 e. The Morgan fingerprint density at radius 1 is 0.556 bits per heavy atom. The van der Waals surface area contributed by atoms with E-state index in [0.29, 0.717) is 41.5 Å². The molecular formula is C33H48N2O8S2. The highest BCUT2D eigenvalue weighted by atomic mass is 32.2. The Morgan fingerprint density at radius 2 is 0.911 bits per heavy atom. The molecule has 2 aromatic rings. The summed E-state index contributed by atoms with van der Waals surface area (Å²) in [6.45, 7) is 18.7. The van der Waals surface area contributed by atoms with E-state index in [1.54, 1.807) is 13.8 Å². The standard InChI is InChI=1S/C33H48N2O8S2/c1-20-22(3)30(24(5)26-12-14-32(7,8)42-28(20)26)44(36,37)34-16-17-35(41-19-11-18-40-34)45(38,39)31-23(4)21(2)29-27(25(31)6)13-15-33(9,10)43-29/h11-19H2,1-10H3. The second-order valence-electron chi connectivity index (χ2n) is 13.8. The van der Waals surface area contributed by atoms with Crippen molar-refractivity contribution >= 4 is 20.0 Å². The number of hydrogen-bond donors (Lipinski definition) is 0. The molecule has 1 saturated heterocycles. The molecule has 45 heavy (non-hydrogen) atoms. The lowest BCUT2D eigenvalue weighted by atomic mass is 9.88. The van der Waals surface area contributed by atoms with Crippen LogP contribution < -0.4 is 9.47 Å². The third-order valence-electron chi connectivity index (χ3n) is 9.61. The zero-order valence-electron chi connectivity index (χ0n) is 28.3. The average molecular weight is 665 g/mol. The second kappa shape index (κ2) is 11.8. The van der Waals surface area contributed by atoms with Crippen LogP contribution in [0.15, 0.2) is 9.79 Å². The van der Waals surface area contributed by atoms with Crippen LogP contribution in [0.4, 0.5) is 0 Å². The van der Waals surface area contributed by atoms with Crippen LogP contribution in [0, 0.1) is 41.5 Å². The number of hydrogen-bond acceptors (Lipinski definition) is 8. The minimum absolute atomic E-state index is 0.0512. The van der Waals surface area contributed by atoms with Crippen molar-refractivity contribution in [1.29, 1.82) is 0 Å². The van der Waals surface area contributed by atoms with Crippen molar-refractivity contribution in [3.63, 3.8) is 0 Å². The summed E-state index contributed by atoms with van der Waals surface area (Å²) in [4.78, 5) is 12.0. The van der Waals surface area contributed by atoms with E-state index in [4.69, 9.17) is 19.1 Å². The maximum atomic E-state index is 14.3. The fraction of sp³-hybridized carbons (Fsp3) is 0.636. The van der Waals surface area contributed by atoms with E-state index in [1.165, 1.54) is 0 Å². The highest BCUT2D eigenvalue weighted by Gasteiger charge is 2.40. The predicted molar refractivity (Wildman–Crippen MR) is 172 cm³/mol. The van der Waals surface area contributed by atoms with Crippen LogP contribution in [0.25, 0.3) is 0 Å². The quantitative estimate of drug-likeness (QED) is 0.410. The lowest BCUT2D eigenvalue weighted by Crippen LogP contribution is -2.41. The lowest BCUT2D eigenvalue weighted by molar-refractivity contribution is -0.0888. The van der Waals surface area contributed by atoms with Crippen LogP contribution in [0.1, 0.15) is 91.5 Å². The van der Waals surface area contributed by atoms with Gasteiger partial charge in [0.05, 0.1) is 36.1 Å². The minimum atomic E-state index is -4.18. The van der Waals surface area contributed by atoms with Gasteiger partial charge in [0, 0.05) is 0 Å². The van der Waals surface area contributed by atoms with E-state index in [-0.39, 0.29) is 47.3 Å². The van der Waals surface area contributed by atoms with Gasteiger partial charge in [0.15, 0.2) is 0 Å². The van der Waals surface area contributed by atoms with Crippen LogP contribution in [-0.4, -0.2) is 63.3 Å². The predicted octanol–water partition coefficient (Wildman–Crippen LogP) is 5.69. The molecule has 1 fully saturated rings. The minimum Gasteiger partial charge on any atom is -0.487 e. The smallest absolute Gasteiger partial charge is 0.265 e. The maximum absolute atomic E-state index is 14.3. The molecule has 3 aliphatic heterocycles. The van der Waals surface area contributed by atoms with E-state index in [2.05, 4.69) is 0 Å². The highest BCUT2D eigenvalue weighted by Crippen LogP contribution is 2.44. The number of benzene rings is 2. The molecule has 250 valence electrons. The SMILES string of the molecule is Cc1c(C)c(S(=O)(=O)N2CCN(S(=O)(=O)c3c(C)c(C)c4c(c3C)CCC(C)(C)O4)OCCCO2)c(C)c2c1OC(C)(C)CC2. The van der Waals surface area contributed by atoms with Crippen LogP contribution >= 0.6 is 0 Å². The van der Waals surface area contributed by atoms with Gasteiger partial charge in [0.1, 0.15) is 22.7 Å². The van der Waals surface area contributed by atoms with E-state index in [1.807, 2.05) is 55.4 Å². The van der Waals surface area contributed by atoms with Gasteiger partial charge in [-0.15, -0.1) is 0 Å². The molecular weight excluding hydrogens is 617 g/mol. The highest BCUT2D eigenvalue weighted by molar-refractivity contribution is 7.89. The molecule has 5 rings (SSSR count). The molecule has 0 unspecified atom stereocenters. The number of hydroxylamine groups is 2. The van der Waals surface area contributed by atoms with Crippen LogP contribution in [0.5, 0.6) is 11.5 Å². The van der Waals surface area contributed by atoms with Crippen molar-refractivity contribution in [3.05, 3.63) is 44.5 Å². The third kappa shape index (κ3) is 6.02. The Hall–Kier alpha value is -2.22. The van der Waals surface area contributed by atoms with Gasteiger partial charge in [0.2, 0.25) is 0 Å². The van der Waals surface area contributed by atoms with Crippen molar-refractivity contribution in [3.8, 4) is 11.5 Å². The Bertz CT molecular complexity index is 1620. The Labute approximate surface area is 269 Å². The van der Waals surface area contributed by atoms with Gasteiger partial charge < -0.3 is 9.47 Å². The third-order valence-corrected chi connectivity index (χ3v) is 13.5. The number of sulfonamides is 2. The van der Waals surface area contributed by atoms with Gasteiger partial charge in [-0.2, -0.15) is 0 Å². The molecule has 0 saturated carbocycles. The van der Waals surface area contributed by atoms with Gasteiger partial charge in [-0.25, -0.2) is 16.8 Å². The Kier molecular flexibility index (Phi) is 8.94. The summed E-state index contributed by atoms with van der Waals surface area (Å²) in [7, 11) is -8.36. The number of nitrogens with zero attached hydrogens (tertiary/aromatic N) is 2. The number of ether oxygens (including phenoxy) is 2. The molecule has 10 nitrogen and oxygen atoms in total. The zero-order valence-corrected chi connectivity index (χ0v) is 30.0. The molecule has 0 spiro atoms. The zero-order chi connectivity index (χ0) is 33.3. The average Bonchev–Trinajstić information content (AvgIpc) is 3.07. The van der Waals surface area contributed by atoms with E-state index in [9.17, 15) is 16.8 Å². The van der Waals surface area contributed by atoms with Gasteiger partial charge in [0.25, 0.3) is 20.0 Å². The summed E-state index contributed by atoms with van der Waals surface area (Å²) in [6, 6.07) is 0. The van der Waals surface area contributed by atoms with Crippen molar-refractivity contribution in [2.75, 3.05) is 26.3 Å². The molecule has 0 N–H and O–H groups in total. The first-order valence-electron chi connectivity index (χ1n) is 15.7. The summed E-state index contributed by atoms with van der Waals surface area (Å²) in [6.07, 6.45) is 3.21. The molecule has 0 amide bonds. The summed E-state index contributed by atoms with van der Waals surface area (Å²) in [5, 5.41) is 0. The Morgan fingerprint density at radius 3 is 1.27 bits per heavy atom. The fourth-order valence-corrected chi connectivity index (χ4v) is 10.3. The monoisotopic (exact) mass is 664 g/mol. The summed E-state index contributed by atoms with van der Waals surface area (Å²) in [5.41, 5.74) is 5.09. The first kappa shape index (κ1) is 34.1. The molecule has 3 heterocycles. The van der Waals surface area contributed by atoms with Crippen molar-refractivity contribution in [1.82, 2.24) is 8.94 Å². The first-order valence-corrected chi connectivity index (χ1v) is 18.6. The van der Waals surface area contributed by atoms with Gasteiger partial charge >= 0.3 is 0 Å². The van der Waals surface area contributed by atoms with Gasteiger partial charge in [-0.3, -0.25) is 9.68 Å². The molecule has 0 atom stereocenters. The summed E-state index contributed by atoms with van der Waals surface area (Å²) >= 11 is 0. The second-order valence-corrected chi connectivity index (χ2v) is 17.4. The molecule has 0 aromatic heterocycles. The molecule has 2 aromatic carbocycles. The van der Waals surface area contributed by atoms with E-state index < -0.39 is 20.0 Å².